The van der Waals surface area contributed by atoms with Crippen LogP contribution in [0, 0.1) is 0 Å². The topological polar surface area (TPSA) is 90.4 Å². The predicted octanol–water partition coefficient (Wildman–Crippen LogP) is 4.37. The smallest absolute Gasteiger partial charge is 0.317 e. The van der Waals surface area contributed by atoms with E-state index in [1.807, 2.05) is 66.7 Å². The molecule has 0 saturated heterocycles. The van der Waals surface area contributed by atoms with Crippen LogP contribution in [-0.2, 0) is 20.7 Å². The van der Waals surface area contributed by atoms with Gasteiger partial charge >= 0.3 is 5.97 Å². The van der Waals surface area contributed by atoms with Gasteiger partial charge in [0.05, 0.1) is 12.9 Å². The minimum absolute atomic E-state index is 0.00672. The minimum atomic E-state index is -1.07. The van der Waals surface area contributed by atoms with E-state index in [4.69, 9.17) is 9.47 Å². The van der Waals surface area contributed by atoms with Crippen LogP contribution < -0.4 is 10.1 Å². The predicted molar refractivity (Wildman–Crippen MR) is 135 cm³/mol. The Morgan fingerprint density at radius 3 is 2.43 bits per heavy atom. The quantitative estimate of drug-likeness (QED) is 0.202. The van der Waals surface area contributed by atoms with Crippen LogP contribution in [-0.4, -0.2) is 41.3 Å². The van der Waals surface area contributed by atoms with E-state index in [0.29, 0.717) is 23.7 Å². The van der Waals surface area contributed by atoms with Crippen molar-refractivity contribution in [2.75, 3.05) is 19.4 Å². The molecular weight excluding hydrogens is 462 g/mol. The van der Waals surface area contributed by atoms with Crippen molar-refractivity contribution >= 4 is 34.4 Å². The van der Waals surface area contributed by atoms with Gasteiger partial charge in [-0.3, -0.25) is 9.59 Å². The van der Waals surface area contributed by atoms with Gasteiger partial charge in [0.25, 0.3) is 5.91 Å². The number of methoxy groups -OCH3 is 1. The number of rotatable bonds is 10. The van der Waals surface area contributed by atoms with Gasteiger partial charge in [0.2, 0.25) is 6.10 Å². The Bertz CT molecular complexity index is 1280. The molecule has 8 heteroatoms. The maximum absolute atomic E-state index is 13.1. The van der Waals surface area contributed by atoms with Gasteiger partial charge < -0.3 is 14.8 Å². The van der Waals surface area contributed by atoms with Crippen LogP contribution in [0.25, 0.3) is 10.8 Å². The Labute approximate surface area is 207 Å². The molecule has 35 heavy (non-hydrogen) atoms. The van der Waals surface area contributed by atoms with E-state index in [2.05, 4.69) is 15.3 Å². The molecule has 0 saturated carbocycles. The molecule has 1 heterocycles. The number of fused-ring (bicyclic) bond motifs is 1. The molecule has 0 aliphatic carbocycles. The molecular formula is C27H25N3O4S. The standard InChI is InChI=1S/C27H25N3O4S/c1-33-23-11-7-19(8-12-23)13-16-28-26(32)25(22-10-9-20-5-2-3-6-21(20)17-22)34-24(31)18-35-27-29-14-4-15-30-27/h2-12,14-15,17,25H,13,16,18H2,1H3,(H,28,32). The molecule has 0 spiro atoms. The number of thioether (sulfide) groups is 1. The molecule has 0 fully saturated rings. The zero-order valence-electron chi connectivity index (χ0n) is 19.2. The number of esters is 1. The zero-order chi connectivity index (χ0) is 24.5. The van der Waals surface area contributed by atoms with Gasteiger partial charge in [-0.05, 0) is 47.0 Å². The summed E-state index contributed by atoms with van der Waals surface area (Å²) in [5, 5.41) is 5.38. The number of hydrogen-bond acceptors (Lipinski definition) is 7. The molecule has 1 unspecified atom stereocenters. The maximum Gasteiger partial charge on any atom is 0.317 e. The Balaban J connectivity index is 1.44. The fourth-order valence-corrected chi connectivity index (χ4v) is 4.09. The first-order valence-corrected chi connectivity index (χ1v) is 12.1. The SMILES string of the molecule is COc1ccc(CCNC(=O)C(OC(=O)CSc2ncccn2)c2ccc3ccccc3c2)cc1. The van der Waals surface area contributed by atoms with Crippen LogP contribution in [0.1, 0.15) is 17.2 Å². The van der Waals surface area contributed by atoms with Crippen LogP contribution in [0.5, 0.6) is 5.75 Å². The summed E-state index contributed by atoms with van der Waals surface area (Å²) < 4.78 is 10.8. The van der Waals surface area contributed by atoms with E-state index < -0.39 is 12.1 Å². The average molecular weight is 488 g/mol. The molecule has 4 rings (SSSR count). The van der Waals surface area contributed by atoms with Gasteiger partial charge in [-0.25, -0.2) is 9.97 Å². The summed E-state index contributed by atoms with van der Waals surface area (Å²) in [6.07, 6.45) is 2.78. The van der Waals surface area contributed by atoms with Gasteiger partial charge in [0, 0.05) is 24.5 Å². The summed E-state index contributed by atoms with van der Waals surface area (Å²) in [6, 6.07) is 22.8. The average Bonchev–Trinajstić information content (AvgIpc) is 2.91. The number of aromatic nitrogens is 2. The third-order valence-corrected chi connectivity index (χ3v) is 6.15. The van der Waals surface area contributed by atoms with Crippen molar-refractivity contribution in [1.29, 1.82) is 0 Å². The van der Waals surface area contributed by atoms with Crippen molar-refractivity contribution in [1.82, 2.24) is 15.3 Å². The molecule has 4 aromatic rings. The lowest BCUT2D eigenvalue weighted by Gasteiger charge is -2.18. The number of benzene rings is 3. The van der Waals surface area contributed by atoms with Crippen molar-refractivity contribution < 1.29 is 19.1 Å². The molecule has 0 bridgehead atoms. The normalized spacial score (nSPS) is 11.6. The summed E-state index contributed by atoms with van der Waals surface area (Å²) in [7, 11) is 1.62. The van der Waals surface area contributed by atoms with Crippen molar-refractivity contribution in [3.63, 3.8) is 0 Å². The number of ether oxygens (including phenoxy) is 2. The van der Waals surface area contributed by atoms with Gasteiger partial charge in [-0.2, -0.15) is 0 Å². The van der Waals surface area contributed by atoms with E-state index in [1.165, 1.54) is 0 Å². The second-order valence-electron chi connectivity index (χ2n) is 7.69. The third kappa shape index (κ3) is 6.80. The molecule has 0 aliphatic heterocycles. The molecule has 0 radical (unpaired) electrons. The molecule has 3 aromatic carbocycles. The van der Waals surface area contributed by atoms with E-state index in [-0.39, 0.29) is 11.7 Å². The maximum atomic E-state index is 13.1. The molecule has 178 valence electrons. The molecule has 1 amide bonds. The summed E-state index contributed by atoms with van der Waals surface area (Å²) >= 11 is 1.16. The molecule has 0 aliphatic rings. The minimum Gasteiger partial charge on any atom is -0.497 e. The second kappa shape index (κ2) is 12.0. The van der Waals surface area contributed by atoms with Crippen molar-refractivity contribution in [2.24, 2.45) is 0 Å². The van der Waals surface area contributed by atoms with Crippen LogP contribution in [0.4, 0.5) is 0 Å². The summed E-state index contributed by atoms with van der Waals surface area (Å²) in [4.78, 5) is 34.0. The number of carbonyl (C=O) groups is 2. The van der Waals surface area contributed by atoms with E-state index in [9.17, 15) is 9.59 Å². The first kappa shape index (κ1) is 24.2. The fraction of sp³-hybridized carbons (Fsp3) is 0.185. The first-order valence-electron chi connectivity index (χ1n) is 11.1. The lowest BCUT2D eigenvalue weighted by molar-refractivity contribution is -0.154. The van der Waals surface area contributed by atoms with Crippen molar-refractivity contribution in [3.8, 4) is 5.75 Å². The number of nitrogens with one attached hydrogen (secondary N) is 1. The summed E-state index contributed by atoms with van der Waals surface area (Å²) in [5.41, 5.74) is 1.67. The van der Waals surface area contributed by atoms with Gasteiger partial charge in [-0.1, -0.05) is 60.3 Å². The van der Waals surface area contributed by atoms with Gasteiger partial charge in [0.1, 0.15) is 5.75 Å². The Morgan fingerprint density at radius 2 is 1.69 bits per heavy atom. The second-order valence-corrected chi connectivity index (χ2v) is 8.63. The molecule has 1 atom stereocenters. The van der Waals surface area contributed by atoms with Crippen LogP contribution in [0.2, 0.25) is 0 Å². The zero-order valence-corrected chi connectivity index (χ0v) is 20.0. The molecule has 1 N–H and O–H groups in total. The largest absolute Gasteiger partial charge is 0.497 e. The lowest BCUT2D eigenvalue weighted by atomic mass is 10.0. The van der Waals surface area contributed by atoms with Gasteiger partial charge in [0.15, 0.2) is 5.16 Å². The summed E-state index contributed by atoms with van der Waals surface area (Å²) in [5.74, 6) is -0.124. The Morgan fingerprint density at radius 1 is 0.943 bits per heavy atom. The number of hydrogen-bond donors (Lipinski definition) is 1. The van der Waals surface area contributed by atoms with Gasteiger partial charge in [-0.15, -0.1) is 0 Å². The number of nitrogens with zero attached hydrogens (tertiary/aromatic N) is 2. The highest BCUT2D eigenvalue weighted by molar-refractivity contribution is 7.99. The van der Waals surface area contributed by atoms with Crippen LogP contribution in [0.3, 0.4) is 0 Å². The van der Waals surface area contributed by atoms with Crippen molar-refractivity contribution in [2.45, 2.75) is 17.7 Å². The van der Waals surface area contributed by atoms with E-state index >= 15 is 0 Å². The van der Waals surface area contributed by atoms with Crippen LogP contribution >= 0.6 is 11.8 Å². The monoisotopic (exact) mass is 487 g/mol. The van der Waals surface area contributed by atoms with Crippen molar-refractivity contribution in [3.05, 3.63) is 96.3 Å². The Kier molecular flexibility index (Phi) is 8.30. The lowest BCUT2D eigenvalue weighted by Crippen LogP contribution is -2.33. The molecule has 1 aromatic heterocycles. The highest BCUT2D eigenvalue weighted by Gasteiger charge is 2.25. The first-order chi connectivity index (χ1) is 17.1. The highest BCUT2D eigenvalue weighted by Crippen LogP contribution is 2.24. The third-order valence-electron chi connectivity index (χ3n) is 5.30. The van der Waals surface area contributed by atoms with Crippen LogP contribution in [0.15, 0.2) is 90.3 Å². The Hall–Kier alpha value is -3.91. The fourth-order valence-electron chi connectivity index (χ4n) is 3.51. The molecule has 7 nitrogen and oxygen atoms in total. The number of carbonyl (C=O) groups excluding carboxylic acids is 2. The highest BCUT2D eigenvalue weighted by atomic mass is 32.2. The number of amides is 1. The van der Waals surface area contributed by atoms with E-state index in [0.717, 1.165) is 33.8 Å². The van der Waals surface area contributed by atoms with E-state index in [1.54, 1.807) is 25.6 Å². The summed E-state index contributed by atoms with van der Waals surface area (Å²) in [6.45, 7) is 0.402.